The molecule has 1 N–H and O–H groups in total. The van der Waals surface area contributed by atoms with Gasteiger partial charge in [-0.05, 0) is 24.4 Å². The molecule has 0 aliphatic rings. The van der Waals surface area contributed by atoms with Gasteiger partial charge in [-0.1, -0.05) is 24.4 Å². The van der Waals surface area contributed by atoms with Gasteiger partial charge in [0.2, 0.25) is 5.78 Å². The number of carbonyl (C=O) groups excluding carboxylic acids is 1. The molecule has 2 rings (SSSR count). The lowest BCUT2D eigenvalue weighted by Gasteiger charge is -2.13. The number of aryl methyl sites for hydroxylation is 1. The Hall–Kier alpha value is -1.85. The number of nitrogens with zero attached hydrogens (tertiary/aromatic N) is 1. The Kier molecular flexibility index (Phi) is 5.36. The van der Waals surface area contributed by atoms with Crippen LogP contribution in [0.15, 0.2) is 54.7 Å². The van der Waals surface area contributed by atoms with Crippen molar-refractivity contribution >= 4 is 34.3 Å². The van der Waals surface area contributed by atoms with Crippen molar-refractivity contribution in [1.29, 1.82) is 0 Å². The Labute approximate surface area is 133 Å². The minimum Gasteiger partial charge on any atom is -0.370 e. The van der Waals surface area contributed by atoms with E-state index >= 15 is 0 Å². The minimum atomic E-state index is -0.529. The van der Waals surface area contributed by atoms with Crippen molar-refractivity contribution in [2.45, 2.75) is 13.0 Å². The van der Waals surface area contributed by atoms with E-state index in [1.165, 1.54) is 11.3 Å². The molecule has 0 aromatic carbocycles. The van der Waals surface area contributed by atoms with Crippen LogP contribution in [0.4, 0.5) is 0 Å². The summed E-state index contributed by atoms with van der Waals surface area (Å²) in [6.45, 7) is 6.19. The zero-order valence-corrected chi connectivity index (χ0v) is 13.4. The van der Waals surface area contributed by atoms with Gasteiger partial charge < -0.3 is 5.32 Å². The first-order valence-corrected chi connectivity index (χ1v) is 7.86. The molecule has 2 aromatic rings. The van der Waals surface area contributed by atoms with Crippen molar-refractivity contribution in [3.05, 3.63) is 65.1 Å². The molecule has 3 nitrogen and oxygen atoms in total. The van der Waals surface area contributed by atoms with Crippen molar-refractivity contribution in [2.75, 3.05) is 6.54 Å². The molecule has 5 heteroatoms. The van der Waals surface area contributed by atoms with Gasteiger partial charge in [-0.25, -0.2) is 0 Å². The molecule has 2 heterocycles. The second-order valence-corrected chi connectivity index (χ2v) is 5.99. The fourth-order valence-corrected chi connectivity index (χ4v) is 2.99. The molecule has 0 aliphatic heterocycles. The van der Waals surface area contributed by atoms with Crippen molar-refractivity contribution in [2.24, 2.45) is 0 Å². The molecule has 0 amide bonds. The maximum absolute atomic E-state index is 12.8. The minimum absolute atomic E-state index is 0.00200. The maximum atomic E-state index is 12.8. The fourth-order valence-electron chi connectivity index (χ4n) is 1.99. The van der Waals surface area contributed by atoms with Crippen LogP contribution < -0.4 is 9.88 Å². The monoisotopic (exact) mass is 317 g/mol. The molecule has 21 heavy (non-hydrogen) atoms. The molecule has 1 atom stereocenters. The summed E-state index contributed by atoms with van der Waals surface area (Å²) in [5.41, 5.74) is 1.08. The van der Waals surface area contributed by atoms with E-state index in [-0.39, 0.29) is 5.78 Å². The predicted octanol–water partition coefficient (Wildman–Crippen LogP) is 2.87. The summed E-state index contributed by atoms with van der Waals surface area (Å²) >= 11 is 6.85. The molecule has 0 saturated heterocycles. The van der Waals surface area contributed by atoms with Crippen LogP contribution in [0.25, 0.3) is 0 Å². The number of Topliss-reactive ketones (excluding diaryl/α,β-unsaturated/α-hetero) is 1. The van der Waals surface area contributed by atoms with Gasteiger partial charge in [0.15, 0.2) is 17.4 Å². The van der Waals surface area contributed by atoms with Crippen LogP contribution in [0.2, 0.25) is 0 Å². The van der Waals surface area contributed by atoms with Crippen LogP contribution in [0.3, 0.4) is 0 Å². The van der Waals surface area contributed by atoms with Crippen LogP contribution in [0, 0.1) is 6.92 Å². The SMILES string of the molecule is C=CCNC(=S)[C@@H](C(=O)c1cccs1)[n+]1cccc(C)c1. The average Bonchev–Trinajstić information content (AvgIpc) is 2.99. The first-order chi connectivity index (χ1) is 10.1. The number of hydrogen-bond donors (Lipinski definition) is 1. The zero-order valence-electron chi connectivity index (χ0n) is 11.8. The highest BCUT2D eigenvalue weighted by molar-refractivity contribution is 7.80. The average molecular weight is 317 g/mol. The van der Waals surface area contributed by atoms with E-state index in [0.29, 0.717) is 16.4 Å². The van der Waals surface area contributed by atoms with Crippen molar-refractivity contribution in [3.8, 4) is 0 Å². The number of nitrogens with one attached hydrogen (secondary N) is 1. The highest BCUT2D eigenvalue weighted by Crippen LogP contribution is 2.16. The van der Waals surface area contributed by atoms with Crippen LogP contribution >= 0.6 is 23.6 Å². The Morgan fingerprint density at radius 1 is 1.52 bits per heavy atom. The fraction of sp³-hybridized carbons (Fsp3) is 0.188. The number of carbonyl (C=O) groups is 1. The molecular formula is C16H17N2OS2+. The summed E-state index contributed by atoms with van der Waals surface area (Å²) in [5.74, 6) is 0.00200. The quantitative estimate of drug-likeness (QED) is 0.385. The van der Waals surface area contributed by atoms with Crippen molar-refractivity contribution in [1.82, 2.24) is 5.32 Å². The zero-order chi connectivity index (χ0) is 15.2. The topological polar surface area (TPSA) is 33.0 Å². The second kappa shape index (κ2) is 7.24. The molecule has 0 radical (unpaired) electrons. The maximum Gasteiger partial charge on any atom is 0.271 e. The lowest BCUT2D eigenvalue weighted by molar-refractivity contribution is -0.692. The third-order valence-corrected chi connectivity index (χ3v) is 4.20. The van der Waals surface area contributed by atoms with Crippen LogP contribution in [0.5, 0.6) is 0 Å². The molecule has 0 saturated carbocycles. The van der Waals surface area contributed by atoms with Crippen LogP contribution in [0.1, 0.15) is 21.3 Å². The summed E-state index contributed by atoms with van der Waals surface area (Å²) in [6.07, 6.45) is 5.52. The first kappa shape index (κ1) is 15.5. The van der Waals surface area contributed by atoms with E-state index < -0.39 is 6.04 Å². The summed E-state index contributed by atoms with van der Waals surface area (Å²) in [4.78, 5) is 14.0. The van der Waals surface area contributed by atoms with Crippen LogP contribution in [-0.4, -0.2) is 17.3 Å². The number of ketones is 1. The molecule has 0 aliphatic carbocycles. The number of thiocarbonyl (C=S) groups is 1. The van der Waals surface area contributed by atoms with Gasteiger partial charge in [-0.2, -0.15) is 4.57 Å². The predicted molar refractivity (Wildman–Crippen MR) is 89.9 cm³/mol. The van der Waals surface area contributed by atoms with E-state index in [9.17, 15) is 4.79 Å². The van der Waals surface area contributed by atoms with Crippen molar-refractivity contribution in [3.63, 3.8) is 0 Å². The molecule has 108 valence electrons. The molecule has 0 spiro atoms. The summed E-state index contributed by atoms with van der Waals surface area (Å²) in [5, 5.41) is 4.96. The Morgan fingerprint density at radius 2 is 2.33 bits per heavy atom. The van der Waals surface area contributed by atoms with E-state index in [1.54, 1.807) is 6.08 Å². The number of aromatic nitrogens is 1. The second-order valence-electron chi connectivity index (χ2n) is 4.61. The number of pyridine rings is 1. The third-order valence-electron chi connectivity index (χ3n) is 2.95. The summed E-state index contributed by atoms with van der Waals surface area (Å²) in [7, 11) is 0. The van der Waals surface area contributed by atoms with E-state index in [2.05, 4.69) is 11.9 Å². The van der Waals surface area contributed by atoms with Gasteiger partial charge in [0, 0.05) is 18.2 Å². The Morgan fingerprint density at radius 3 is 2.95 bits per heavy atom. The Balaban J connectivity index is 2.36. The van der Waals surface area contributed by atoms with Gasteiger partial charge in [0.1, 0.15) is 0 Å². The summed E-state index contributed by atoms with van der Waals surface area (Å²) in [6, 6.07) is 7.07. The Bertz CT molecular complexity index is 650. The molecular weight excluding hydrogens is 300 g/mol. The number of thiophene rings is 1. The lowest BCUT2D eigenvalue weighted by Crippen LogP contribution is -2.51. The third kappa shape index (κ3) is 3.83. The van der Waals surface area contributed by atoms with E-state index in [1.807, 2.05) is 53.5 Å². The highest BCUT2D eigenvalue weighted by Gasteiger charge is 2.33. The smallest absolute Gasteiger partial charge is 0.271 e. The number of hydrogen-bond acceptors (Lipinski definition) is 3. The largest absolute Gasteiger partial charge is 0.370 e. The van der Waals surface area contributed by atoms with Gasteiger partial charge in [0.25, 0.3) is 6.04 Å². The first-order valence-electron chi connectivity index (χ1n) is 6.57. The van der Waals surface area contributed by atoms with Crippen molar-refractivity contribution < 1.29 is 9.36 Å². The van der Waals surface area contributed by atoms with Gasteiger partial charge in [0.05, 0.1) is 4.88 Å². The van der Waals surface area contributed by atoms with Gasteiger partial charge in [-0.3, -0.25) is 4.79 Å². The van der Waals surface area contributed by atoms with Crippen LogP contribution in [-0.2, 0) is 0 Å². The molecule has 2 aromatic heterocycles. The highest BCUT2D eigenvalue weighted by atomic mass is 32.1. The van der Waals surface area contributed by atoms with Gasteiger partial charge >= 0.3 is 0 Å². The number of rotatable bonds is 6. The standard InChI is InChI=1S/C16H16N2OS2/c1-3-8-17-16(20)14(15(19)13-7-5-10-21-13)18-9-4-6-12(2)11-18/h3-7,9-11,14H,1,8H2,2H3/p+1/t14-/m1/s1. The normalized spacial score (nSPS) is 11.7. The molecule has 0 fully saturated rings. The van der Waals surface area contributed by atoms with E-state index in [0.717, 1.165) is 5.56 Å². The van der Waals surface area contributed by atoms with E-state index in [4.69, 9.17) is 12.2 Å². The molecule has 0 unspecified atom stereocenters. The summed E-state index contributed by atoms with van der Waals surface area (Å²) < 4.78 is 1.86. The lowest BCUT2D eigenvalue weighted by atomic mass is 10.1. The van der Waals surface area contributed by atoms with Gasteiger partial charge in [-0.15, -0.1) is 17.9 Å². The molecule has 0 bridgehead atoms.